The van der Waals surface area contributed by atoms with Crippen molar-refractivity contribution in [2.75, 3.05) is 19.8 Å². The van der Waals surface area contributed by atoms with Crippen molar-refractivity contribution in [3.05, 3.63) is 42.2 Å². The molecule has 0 saturated heterocycles. The Bertz CT molecular complexity index is 783. The fraction of sp³-hybridized carbons (Fsp3) is 0.400. The fourth-order valence-electron chi connectivity index (χ4n) is 2.17. The second-order valence-electron chi connectivity index (χ2n) is 5.52. The van der Waals surface area contributed by atoms with Crippen molar-refractivity contribution in [2.24, 2.45) is 0 Å². The number of alkyl halides is 3. The number of halogens is 3. The van der Waals surface area contributed by atoms with E-state index >= 15 is 0 Å². The van der Waals surface area contributed by atoms with Crippen LogP contribution in [0.3, 0.4) is 0 Å². The lowest BCUT2D eigenvalue weighted by atomic mass is 10.1. The molecule has 2 rings (SSSR count). The molecule has 0 amide bonds. The molecule has 0 bridgehead atoms. The first-order valence-electron chi connectivity index (χ1n) is 7.15. The molecule has 0 radical (unpaired) electrons. The Kier molecular flexibility index (Phi) is 5.34. The van der Waals surface area contributed by atoms with Crippen LogP contribution in [0.2, 0.25) is 0 Å². The molecule has 132 valence electrons. The summed E-state index contributed by atoms with van der Waals surface area (Å²) in [4.78, 5) is 4.20. The first kappa shape index (κ1) is 18.5. The second kappa shape index (κ2) is 6.94. The summed E-state index contributed by atoms with van der Waals surface area (Å²) in [5.41, 5.74) is 0.856. The van der Waals surface area contributed by atoms with Crippen LogP contribution in [-0.2, 0) is 23.0 Å². The van der Waals surface area contributed by atoms with Crippen LogP contribution in [0.15, 0.2) is 36.7 Å². The third kappa shape index (κ3) is 5.07. The average molecular weight is 361 g/mol. The molecule has 1 heterocycles. The number of hydrogen-bond acceptors (Lipinski definition) is 3. The van der Waals surface area contributed by atoms with Crippen LogP contribution in [0.25, 0.3) is 11.4 Å². The molecular formula is C15H18F3N3O2S. The largest absolute Gasteiger partial charge is 0.393 e. The van der Waals surface area contributed by atoms with Crippen LogP contribution in [-0.4, -0.2) is 48.3 Å². The number of imidazole rings is 1. The minimum Gasteiger partial charge on any atom is -0.330 e. The van der Waals surface area contributed by atoms with E-state index in [1.54, 1.807) is 29.1 Å². The van der Waals surface area contributed by atoms with E-state index in [2.05, 4.69) is 4.98 Å². The number of aromatic nitrogens is 2. The summed E-state index contributed by atoms with van der Waals surface area (Å²) in [5, 5.41) is 0. The van der Waals surface area contributed by atoms with Gasteiger partial charge < -0.3 is 4.57 Å². The van der Waals surface area contributed by atoms with Crippen LogP contribution in [0, 0.1) is 0 Å². The molecule has 0 aliphatic carbocycles. The van der Waals surface area contributed by atoms with Gasteiger partial charge in [-0.2, -0.15) is 13.2 Å². The van der Waals surface area contributed by atoms with E-state index in [0.717, 1.165) is 6.26 Å². The van der Waals surface area contributed by atoms with Gasteiger partial charge in [-0.05, 0) is 5.56 Å². The van der Waals surface area contributed by atoms with Crippen molar-refractivity contribution in [3.63, 3.8) is 0 Å². The van der Waals surface area contributed by atoms with Gasteiger partial charge in [-0.1, -0.05) is 24.3 Å². The Hall–Kier alpha value is -1.87. The van der Waals surface area contributed by atoms with E-state index < -0.39 is 22.6 Å². The van der Waals surface area contributed by atoms with Crippen molar-refractivity contribution in [1.82, 2.24) is 13.9 Å². The van der Waals surface area contributed by atoms with Gasteiger partial charge in [-0.15, -0.1) is 0 Å². The van der Waals surface area contributed by atoms with Crippen molar-refractivity contribution < 1.29 is 21.6 Å². The van der Waals surface area contributed by atoms with Gasteiger partial charge in [0.15, 0.2) is 0 Å². The summed E-state index contributed by atoms with van der Waals surface area (Å²) >= 11 is 0. The lowest BCUT2D eigenvalue weighted by Crippen LogP contribution is -2.29. The number of nitrogens with zero attached hydrogens (tertiary/aromatic N) is 3. The van der Waals surface area contributed by atoms with Gasteiger partial charge in [-0.25, -0.2) is 17.7 Å². The maximum absolute atomic E-state index is 12.4. The predicted octanol–water partition coefficient (Wildman–Crippen LogP) is 2.55. The SMILES string of the molecule is CN(CCn1ccnc1-c1ccc(CC(F)(F)F)cc1)S(C)(=O)=O. The van der Waals surface area contributed by atoms with E-state index in [1.807, 2.05) is 0 Å². The van der Waals surface area contributed by atoms with E-state index in [0.29, 0.717) is 17.9 Å². The van der Waals surface area contributed by atoms with Gasteiger partial charge in [-0.3, -0.25) is 0 Å². The Labute approximate surface area is 138 Å². The first-order valence-corrected chi connectivity index (χ1v) is 8.99. The summed E-state index contributed by atoms with van der Waals surface area (Å²) in [5.74, 6) is 0.579. The number of hydrogen-bond donors (Lipinski definition) is 0. The highest BCUT2D eigenvalue weighted by Gasteiger charge is 2.27. The molecule has 1 aromatic carbocycles. The van der Waals surface area contributed by atoms with E-state index in [-0.39, 0.29) is 12.1 Å². The average Bonchev–Trinajstić information content (AvgIpc) is 2.91. The lowest BCUT2D eigenvalue weighted by Gasteiger charge is -2.15. The van der Waals surface area contributed by atoms with Gasteiger partial charge in [0.25, 0.3) is 0 Å². The Balaban J connectivity index is 2.12. The quantitative estimate of drug-likeness (QED) is 0.795. The maximum Gasteiger partial charge on any atom is 0.393 e. The fourth-order valence-corrected chi connectivity index (χ4v) is 2.58. The van der Waals surface area contributed by atoms with E-state index in [9.17, 15) is 21.6 Å². The lowest BCUT2D eigenvalue weighted by molar-refractivity contribution is -0.127. The molecule has 0 aliphatic heterocycles. The highest BCUT2D eigenvalue weighted by atomic mass is 32.2. The molecule has 0 N–H and O–H groups in total. The summed E-state index contributed by atoms with van der Waals surface area (Å²) in [7, 11) is -1.78. The highest BCUT2D eigenvalue weighted by molar-refractivity contribution is 7.88. The Morgan fingerprint density at radius 2 is 1.83 bits per heavy atom. The monoisotopic (exact) mass is 361 g/mol. The number of benzene rings is 1. The van der Waals surface area contributed by atoms with Crippen LogP contribution >= 0.6 is 0 Å². The summed E-state index contributed by atoms with van der Waals surface area (Å²) in [6.45, 7) is 0.664. The zero-order chi connectivity index (χ0) is 18.0. The Morgan fingerprint density at radius 3 is 2.38 bits per heavy atom. The van der Waals surface area contributed by atoms with Crippen molar-refractivity contribution in [1.29, 1.82) is 0 Å². The third-order valence-corrected chi connectivity index (χ3v) is 4.87. The Morgan fingerprint density at radius 1 is 1.21 bits per heavy atom. The normalized spacial score (nSPS) is 12.8. The van der Waals surface area contributed by atoms with Crippen LogP contribution in [0.1, 0.15) is 5.56 Å². The summed E-state index contributed by atoms with van der Waals surface area (Å²) in [6, 6.07) is 6.01. The molecule has 9 heteroatoms. The van der Waals surface area contributed by atoms with Gasteiger partial charge in [0, 0.05) is 38.1 Å². The zero-order valence-electron chi connectivity index (χ0n) is 13.3. The molecule has 24 heavy (non-hydrogen) atoms. The zero-order valence-corrected chi connectivity index (χ0v) is 14.1. The third-order valence-electron chi connectivity index (χ3n) is 3.55. The number of likely N-dealkylation sites (N-methyl/N-ethyl adjacent to an activating group) is 1. The van der Waals surface area contributed by atoms with Crippen LogP contribution in [0.5, 0.6) is 0 Å². The molecule has 0 saturated carbocycles. The first-order chi connectivity index (χ1) is 11.1. The smallest absolute Gasteiger partial charge is 0.330 e. The van der Waals surface area contributed by atoms with Crippen LogP contribution in [0.4, 0.5) is 13.2 Å². The maximum atomic E-state index is 12.4. The molecule has 0 spiro atoms. The molecule has 2 aromatic rings. The van der Waals surface area contributed by atoms with Crippen molar-refractivity contribution in [2.45, 2.75) is 19.1 Å². The van der Waals surface area contributed by atoms with Crippen molar-refractivity contribution in [3.8, 4) is 11.4 Å². The molecule has 0 atom stereocenters. The van der Waals surface area contributed by atoms with Crippen molar-refractivity contribution >= 4 is 10.0 Å². The van der Waals surface area contributed by atoms with Gasteiger partial charge in [0.2, 0.25) is 10.0 Å². The minimum atomic E-state index is -4.24. The van der Waals surface area contributed by atoms with Crippen LogP contribution < -0.4 is 0 Å². The number of rotatable bonds is 6. The molecule has 0 fully saturated rings. The topological polar surface area (TPSA) is 55.2 Å². The molecule has 0 aliphatic rings. The summed E-state index contributed by atoms with van der Waals surface area (Å²) < 4.78 is 62.9. The molecule has 5 nitrogen and oxygen atoms in total. The molecular weight excluding hydrogens is 343 g/mol. The minimum absolute atomic E-state index is 0.182. The molecule has 1 aromatic heterocycles. The predicted molar refractivity (Wildman–Crippen MR) is 84.9 cm³/mol. The second-order valence-corrected chi connectivity index (χ2v) is 7.61. The van der Waals surface area contributed by atoms with Gasteiger partial charge in [0.05, 0.1) is 12.7 Å². The highest BCUT2D eigenvalue weighted by Crippen LogP contribution is 2.24. The molecule has 0 unspecified atom stereocenters. The van der Waals surface area contributed by atoms with E-state index in [4.69, 9.17) is 0 Å². The standard InChI is InChI=1S/C15H18F3N3O2S/c1-20(24(2,22)23)9-10-21-8-7-19-14(21)13-5-3-12(4-6-13)11-15(16,17)18/h3-8H,9-11H2,1-2H3. The van der Waals surface area contributed by atoms with E-state index in [1.165, 1.54) is 23.5 Å². The van der Waals surface area contributed by atoms with Gasteiger partial charge >= 0.3 is 6.18 Å². The summed E-state index contributed by atoms with van der Waals surface area (Å²) in [6.07, 6.45) is -0.813. The number of sulfonamides is 1. The van der Waals surface area contributed by atoms with Gasteiger partial charge in [0.1, 0.15) is 5.82 Å².